The van der Waals surface area contributed by atoms with Gasteiger partial charge in [0.1, 0.15) is 5.75 Å². The van der Waals surface area contributed by atoms with Gasteiger partial charge in [-0.2, -0.15) is 0 Å². The third-order valence-corrected chi connectivity index (χ3v) is 2.44. The largest absolute Gasteiger partial charge is 0.573 e. The van der Waals surface area contributed by atoms with Gasteiger partial charge in [-0.25, -0.2) is 0 Å². The van der Waals surface area contributed by atoms with Gasteiger partial charge < -0.3 is 9.72 Å². The molecule has 0 fully saturated rings. The average Bonchev–Trinajstić information content (AvgIpc) is 2.37. The van der Waals surface area contributed by atoms with E-state index in [0.29, 0.717) is 6.29 Å². The minimum absolute atomic E-state index is 0.0854. The summed E-state index contributed by atoms with van der Waals surface area (Å²) >= 11 is 0. The highest BCUT2D eigenvalue weighted by atomic mass is 19.4. The van der Waals surface area contributed by atoms with Crippen LogP contribution in [-0.2, 0) is 0 Å². The molecule has 0 unspecified atom stereocenters. The predicted molar refractivity (Wildman–Crippen MR) is 64.6 cm³/mol. The smallest absolute Gasteiger partial charge is 0.406 e. The summed E-state index contributed by atoms with van der Waals surface area (Å²) in [6.07, 6.45) is -3.07. The summed E-state index contributed by atoms with van der Waals surface area (Å²) < 4.78 is 40.2. The second-order valence-corrected chi connectivity index (χ2v) is 3.87. The maximum absolute atomic E-state index is 12.1. The van der Waals surface area contributed by atoms with Gasteiger partial charge in [0.25, 0.3) is 5.56 Å². The topological polar surface area (TPSA) is 59.2 Å². The lowest BCUT2D eigenvalue weighted by molar-refractivity contribution is -0.274. The average molecular weight is 283 g/mol. The number of ether oxygens (including phenoxy) is 1. The normalized spacial score (nSPS) is 11.2. The number of alkyl halides is 3. The van der Waals surface area contributed by atoms with Crippen LogP contribution in [0.25, 0.3) is 11.1 Å². The highest BCUT2D eigenvalue weighted by Crippen LogP contribution is 2.26. The molecule has 1 heterocycles. The van der Waals surface area contributed by atoms with Crippen molar-refractivity contribution in [3.05, 3.63) is 52.4 Å². The lowest BCUT2D eigenvalue weighted by atomic mass is 10.1. The number of rotatable bonds is 3. The molecule has 0 amide bonds. The van der Waals surface area contributed by atoms with E-state index in [-0.39, 0.29) is 16.7 Å². The molecular formula is C13H8F3NO3. The van der Waals surface area contributed by atoms with Crippen molar-refractivity contribution in [2.75, 3.05) is 0 Å². The third kappa shape index (κ3) is 3.25. The van der Waals surface area contributed by atoms with Crippen molar-refractivity contribution in [1.82, 2.24) is 4.98 Å². The van der Waals surface area contributed by atoms with E-state index in [1.54, 1.807) is 0 Å². The van der Waals surface area contributed by atoms with Gasteiger partial charge in [0.05, 0.1) is 0 Å². The molecule has 0 atom stereocenters. The van der Waals surface area contributed by atoms with Crippen molar-refractivity contribution in [3.63, 3.8) is 0 Å². The Kier molecular flexibility index (Phi) is 3.60. The molecule has 0 saturated heterocycles. The van der Waals surface area contributed by atoms with Crippen LogP contribution < -0.4 is 10.3 Å². The fourth-order valence-electron chi connectivity index (χ4n) is 1.64. The molecule has 2 aromatic rings. The van der Waals surface area contributed by atoms with Crippen molar-refractivity contribution in [3.8, 4) is 16.9 Å². The van der Waals surface area contributed by atoms with Crippen molar-refractivity contribution in [1.29, 1.82) is 0 Å². The standard InChI is InChI=1S/C13H8F3NO3/c14-13(15,16)20-10-3-1-2-9(5-10)11-4-8(7-18)6-17-12(11)19/h1-7H,(H,17,19). The Balaban J connectivity index is 2.46. The van der Waals surface area contributed by atoms with E-state index in [0.717, 1.165) is 12.1 Å². The van der Waals surface area contributed by atoms with E-state index in [2.05, 4.69) is 9.72 Å². The number of benzene rings is 1. The molecule has 0 radical (unpaired) electrons. The zero-order valence-electron chi connectivity index (χ0n) is 9.90. The van der Waals surface area contributed by atoms with E-state index in [1.165, 1.54) is 24.4 Å². The van der Waals surface area contributed by atoms with Crippen molar-refractivity contribution < 1.29 is 22.7 Å². The van der Waals surface area contributed by atoms with Gasteiger partial charge in [-0.1, -0.05) is 12.1 Å². The van der Waals surface area contributed by atoms with Crippen LogP contribution in [0.3, 0.4) is 0 Å². The number of carbonyl (C=O) groups excluding carboxylic acids is 1. The monoisotopic (exact) mass is 283 g/mol. The van der Waals surface area contributed by atoms with Crippen LogP contribution in [-0.4, -0.2) is 17.6 Å². The van der Waals surface area contributed by atoms with Gasteiger partial charge in [0.2, 0.25) is 0 Å². The number of aldehydes is 1. The summed E-state index contributed by atoms with van der Waals surface area (Å²) in [7, 11) is 0. The van der Waals surface area contributed by atoms with E-state index < -0.39 is 17.7 Å². The Bertz CT molecular complexity index is 692. The van der Waals surface area contributed by atoms with E-state index in [4.69, 9.17) is 0 Å². The number of nitrogens with one attached hydrogen (secondary N) is 1. The minimum Gasteiger partial charge on any atom is -0.406 e. The summed E-state index contributed by atoms with van der Waals surface area (Å²) in [5, 5.41) is 0. The number of hydrogen-bond donors (Lipinski definition) is 1. The zero-order valence-corrected chi connectivity index (χ0v) is 9.90. The van der Waals surface area contributed by atoms with E-state index in [1.807, 2.05) is 0 Å². The molecule has 0 bridgehead atoms. The molecule has 0 saturated carbocycles. The molecule has 20 heavy (non-hydrogen) atoms. The van der Waals surface area contributed by atoms with Crippen LogP contribution in [0, 0.1) is 0 Å². The van der Waals surface area contributed by atoms with Gasteiger partial charge in [-0.3, -0.25) is 9.59 Å². The lowest BCUT2D eigenvalue weighted by Crippen LogP contribution is -2.17. The summed E-state index contributed by atoms with van der Waals surface area (Å²) in [5.41, 5.74) is 0.000394. The molecule has 1 aromatic carbocycles. The number of H-pyrrole nitrogens is 1. The molecule has 0 spiro atoms. The van der Waals surface area contributed by atoms with Crippen LogP contribution in [0.15, 0.2) is 41.3 Å². The first-order chi connectivity index (χ1) is 9.39. The summed E-state index contributed by atoms with van der Waals surface area (Å²) in [6.45, 7) is 0. The molecule has 0 aliphatic carbocycles. The van der Waals surface area contributed by atoms with Gasteiger partial charge in [-0.15, -0.1) is 13.2 Å². The Morgan fingerprint density at radius 2 is 1.95 bits per heavy atom. The van der Waals surface area contributed by atoms with Crippen LogP contribution in [0.2, 0.25) is 0 Å². The van der Waals surface area contributed by atoms with Crippen molar-refractivity contribution in [2.45, 2.75) is 6.36 Å². The molecule has 1 N–H and O–H groups in total. The molecule has 4 nitrogen and oxygen atoms in total. The molecule has 0 aliphatic heterocycles. The molecule has 7 heteroatoms. The fourth-order valence-corrected chi connectivity index (χ4v) is 1.64. The zero-order chi connectivity index (χ0) is 14.8. The second-order valence-electron chi connectivity index (χ2n) is 3.87. The Morgan fingerprint density at radius 1 is 1.20 bits per heavy atom. The minimum atomic E-state index is -4.81. The van der Waals surface area contributed by atoms with E-state index >= 15 is 0 Å². The molecule has 2 rings (SSSR count). The molecule has 1 aromatic heterocycles. The lowest BCUT2D eigenvalue weighted by Gasteiger charge is -2.10. The first-order valence-electron chi connectivity index (χ1n) is 5.43. The Morgan fingerprint density at radius 3 is 2.60 bits per heavy atom. The van der Waals surface area contributed by atoms with Crippen molar-refractivity contribution >= 4 is 6.29 Å². The van der Waals surface area contributed by atoms with Gasteiger partial charge in [0, 0.05) is 17.3 Å². The number of pyridine rings is 1. The number of aromatic nitrogens is 1. The summed E-state index contributed by atoms with van der Waals surface area (Å²) in [4.78, 5) is 24.6. The number of hydrogen-bond acceptors (Lipinski definition) is 3. The Hall–Kier alpha value is -2.57. The summed E-state index contributed by atoms with van der Waals surface area (Å²) in [5.74, 6) is -0.439. The van der Waals surface area contributed by atoms with Crippen LogP contribution in [0.4, 0.5) is 13.2 Å². The maximum Gasteiger partial charge on any atom is 0.573 e. The van der Waals surface area contributed by atoms with Gasteiger partial charge in [-0.05, 0) is 23.8 Å². The number of halogens is 3. The van der Waals surface area contributed by atoms with Crippen LogP contribution in [0.1, 0.15) is 10.4 Å². The number of aromatic amines is 1. The quantitative estimate of drug-likeness (QED) is 0.881. The Labute approximate surface area is 110 Å². The fraction of sp³-hybridized carbons (Fsp3) is 0.0769. The number of carbonyl (C=O) groups is 1. The van der Waals surface area contributed by atoms with Gasteiger partial charge >= 0.3 is 6.36 Å². The highest BCUT2D eigenvalue weighted by molar-refractivity contribution is 5.78. The first kappa shape index (κ1) is 13.9. The molecular weight excluding hydrogens is 275 g/mol. The van der Waals surface area contributed by atoms with Crippen LogP contribution >= 0.6 is 0 Å². The second kappa shape index (κ2) is 5.20. The predicted octanol–water partition coefficient (Wildman–Crippen LogP) is 2.75. The molecule has 104 valence electrons. The highest BCUT2D eigenvalue weighted by Gasteiger charge is 2.31. The van der Waals surface area contributed by atoms with Crippen molar-refractivity contribution in [2.24, 2.45) is 0 Å². The SMILES string of the molecule is O=Cc1c[nH]c(=O)c(-c2cccc(OC(F)(F)F)c2)c1. The van der Waals surface area contributed by atoms with Gasteiger partial charge in [0.15, 0.2) is 6.29 Å². The third-order valence-electron chi connectivity index (χ3n) is 2.44. The summed E-state index contributed by atoms with van der Waals surface area (Å²) in [6, 6.07) is 6.26. The first-order valence-corrected chi connectivity index (χ1v) is 5.43. The molecule has 0 aliphatic rings. The van der Waals surface area contributed by atoms with E-state index in [9.17, 15) is 22.8 Å². The maximum atomic E-state index is 12.1. The van der Waals surface area contributed by atoms with Crippen LogP contribution in [0.5, 0.6) is 5.75 Å².